The van der Waals surface area contributed by atoms with Crippen molar-refractivity contribution in [1.29, 1.82) is 0 Å². The summed E-state index contributed by atoms with van der Waals surface area (Å²) in [7, 11) is 1.65. The molecule has 19 heavy (non-hydrogen) atoms. The molecule has 4 heteroatoms. The fourth-order valence-corrected chi connectivity index (χ4v) is 1.66. The number of hydrogen-bond donors (Lipinski definition) is 1. The fourth-order valence-electron chi connectivity index (χ4n) is 1.66. The predicted molar refractivity (Wildman–Crippen MR) is 73.6 cm³/mol. The summed E-state index contributed by atoms with van der Waals surface area (Å²) >= 11 is 0. The lowest BCUT2D eigenvalue weighted by atomic mass is 10.2. The van der Waals surface area contributed by atoms with Gasteiger partial charge in [0.15, 0.2) is 0 Å². The number of aromatic nitrogens is 1. The van der Waals surface area contributed by atoms with E-state index in [1.807, 2.05) is 36.4 Å². The molecule has 2 aromatic rings. The Kier molecular flexibility index (Phi) is 4.89. The minimum absolute atomic E-state index is 0.497. The first kappa shape index (κ1) is 13.5. The van der Waals surface area contributed by atoms with Crippen LogP contribution in [0.5, 0.6) is 5.75 Å². The van der Waals surface area contributed by atoms with Crippen LogP contribution in [-0.2, 0) is 24.5 Å². The van der Waals surface area contributed by atoms with Crippen LogP contribution in [-0.4, -0.2) is 12.1 Å². The van der Waals surface area contributed by atoms with Crippen molar-refractivity contribution in [1.82, 2.24) is 4.98 Å². The third kappa shape index (κ3) is 4.05. The number of rotatable bonds is 6. The molecule has 1 aromatic carbocycles. The van der Waals surface area contributed by atoms with Gasteiger partial charge in [-0.15, -0.1) is 0 Å². The van der Waals surface area contributed by atoms with Gasteiger partial charge >= 0.3 is 0 Å². The molecule has 0 saturated carbocycles. The van der Waals surface area contributed by atoms with Crippen molar-refractivity contribution in [2.75, 3.05) is 7.11 Å². The van der Waals surface area contributed by atoms with E-state index in [4.69, 9.17) is 15.2 Å². The molecular weight excluding hydrogens is 240 g/mol. The van der Waals surface area contributed by atoms with Gasteiger partial charge in [0.1, 0.15) is 5.75 Å². The molecule has 2 N–H and O–H groups in total. The van der Waals surface area contributed by atoms with Crippen molar-refractivity contribution in [2.24, 2.45) is 5.73 Å². The molecule has 0 atom stereocenters. The van der Waals surface area contributed by atoms with E-state index in [2.05, 4.69) is 4.98 Å². The van der Waals surface area contributed by atoms with Crippen LogP contribution in [0.25, 0.3) is 0 Å². The molecule has 0 unspecified atom stereocenters. The van der Waals surface area contributed by atoms with Crippen LogP contribution in [0.2, 0.25) is 0 Å². The molecule has 2 rings (SSSR count). The van der Waals surface area contributed by atoms with Gasteiger partial charge in [-0.25, -0.2) is 0 Å². The van der Waals surface area contributed by atoms with Gasteiger partial charge in [-0.05, 0) is 29.3 Å². The highest BCUT2D eigenvalue weighted by Gasteiger charge is 1.98. The zero-order valence-corrected chi connectivity index (χ0v) is 11.0. The Morgan fingerprint density at radius 1 is 1.00 bits per heavy atom. The minimum Gasteiger partial charge on any atom is -0.497 e. The zero-order valence-electron chi connectivity index (χ0n) is 11.0. The molecule has 1 aromatic heterocycles. The van der Waals surface area contributed by atoms with Gasteiger partial charge in [-0.1, -0.05) is 18.2 Å². The van der Waals surface area contributed by atoms with E-state index in [0.717, 1.165) is 22.6 Å². The first-order chi connectivity index (χ1) is 9.31. The highest BCUT2D eigenvalue weighted by atomic mass is 16.5. The second-order valence-corrected chi connectivity index (χ2v) is 4.20. The van der Waals surface area contributed by atoms with Crippen molar-refractivity contribution in [2.45, 2.75) is 19.8 Å². The van der Waals surface area contributed by atoms with Crippen molar-refractivity contribution in [3.63, 3.8) is 0 Å². The summed E-state index contributed by atoms with van der Waals surface area (Å²) in [6.07, 6.45) is 1.78. The van der Waals surface area contributed by atoms with E-state index < -0.39 is 0 Å². The third-order valence-corrected chi connectivity index (χ3v) is 2.80. The molecular formula is C15H18N2O2. The number of ether oxygens (including phenoxy) is 2. The Balaban J connectivity index is 1.81. The van der Waals surface area contributed by atoms with E-state index in [9.17, 15) is 0 Å². The Morgan fingerprint density at radius 3 is 2.32 bits per heavy atom. The Bertz CT molecular complexity index is 447. The Morgan fingerprint density at radius 2 is 1.74 bits per heavy atom. The fraction of sp³-hybridized carbons (Fsp3) is 0.267. The number of benzene rings is 1. The van der Waals surface area contributed by atoms with Crippen LogP contribution in [0.3, 0.4) is 0 Å². The standard InChI is InChI=1S/C15H18N2O2/c1-18-15-6-3-12(4-7-15)10-19-11-14-5-2-13(8-16)9-17-14/h2-7,9H,8,10-11,16H2,1H3. The summed E-state index contributed by atoms with van der Waals surface area (Å²) in [5.74, 6) is 0.850. The molecule has 0 fully saturated rings. The summed E-state index contributed by atoms with van der Waals surface area (Å²) < 4.78 is 10.7. The molecule has 0 radical (unpaired) electrons. The lowest BCUT2D eigenvalue weighted by molar-refractivity contribution is 0.104. The Labute approximate surface area is 113 Å². The first-order valence-electron chi connectivity index (χ1n) is 6.16. The lowest BCUT2D eigenvalue weighted by Crippen LogP contribution is -2.00. The van der Waals surface area contributed by atoms with Gasteiger partial charge in [-0.3, -0.25) is 4.98 Å². The van der Waals surface area contributed by atoms with Crippen molar-refractivity contribution in [3.8, 4) is 5.75 Å². The van der Waals surface area contributed by atoms with Crippen LogP contribution in [0, 0.1) is 0 Å². The Hall–Kier alpha value is -1.91. The quantitative estimate of drug-likeness (QED) is 0.863. The highest BCUT2D eigenvalue weighted by molar-refractivity contribution is 5.26. The summed E-state index contributed by atoms with van der Waals surface area (Å²) in [6.45, 7) is 1.57. The minimum atomic E-state index is 0.497. The number of methoxy groups -OCH3 is 1. The van der Waals surface area contributed by atoms with Crippen LogP contribution in [0.4, 0.5) is 0 Å². The number of hydrogen-bond acceptors (Lipinski definition) is 4. The SMILES string of the molecule is COc1ccc(COCc2ccc(CN)cn2)cc1. The average Bonchev–Trinajstić information content (AvgIpc) is 2.49. The van der Waals surface area contributed by atoms with E-state index in [0.29, 0.717) is 19.8 Å². The first-order valence-corrected chi connectivity index (χ1v) is 6.16. The highest BCUT2D eigenvalue weighted by Crippen LogP contribution is 2.12. The molecule has 1 heterocycles. The molecule has 0 aliphatic carbocycles. The maximum Gasteiger partial charge on any atom is 0.118 e. The van der Waals surface area contributed by atoms with Gasteiger partial charge in [0.25, 0.3) is 0 Å². The lowest BCUT2D eigenvalue weighted by Gasteiger charge is -2.06. The molecule has 0 amide bonds. The molecule has 0 aliphatic rings. The molecule has 4 nitrogen and oxygen atoms in total. The van der Waals surface area contributed by atoms with Crippen LogP contribution < -0.4 is 10.5 Å². The molecule has 0 bridgehead atoms. The van der Waals surface area contributed by atoms with Crippen molar-refractivity contribution >= 4 is 0 Å². The van der Waals surface area contributed by atoms with Crippen LogP contribution >= 0.6 is 0 Å². The summed E-state index contributed by atoms with van der Waals surface area (Å²) in [4.78, 5) is 4.28. The predicted octanol–water partition coefficient (Wildman–Crippen LogP) is 2.27. The van der Waals surface area contributed by atoms with Crippen LogP contribution in [0.1, 0.15) is 16.8 Å². The summed E-state index contributed by atoms with van der Waals surface area (Å²) in [6, 6.07) is 11.7. The second kappa shape index (κ2) is 6.87. The normalized spacial score (nSPS) is 10.4. The largest absolute Gasteiger partial charge is 0.497 e. The van der Waals surface area contributed by atoms with Crippen LogP contribution in [0.15, 0.2) is 42.6 Å². The van der Waals surface area contributed by atoms with Crippen molar-refractivity contribution < 1.29 is 9.47 Å². The smallest absolute Gasteiger partial charge is 0.118 e. The number of nitrogens with two attached hydrogens (primary N) is 1. The van der Waals surface area contributed by atoms with E-state index in [1.54, 1.807) is 13.3 Å². The van der Waals surface area contributed by atoms with E-state index >= 15 is 0 Å². The number of pyridine rings is 1. The zero-order chi connectivity index (χ0) is 13.5. The van der Waals surface area contributed by atoms with Gasteiger partial charge in [0, 0.05) is 12.7 Å². The molecule has 0 spiro atoms. The van der Waals surface area contributed by atoms with Gasteiger partial charge in [0.05, 0.1) is 26.0 Å². The van der Waals surface area contributed by atoms with Crippen molar-refractivity contribution in [3.05, 3.63) is 59.4 Å². The van der Waals surface area contributed by atoms with Gasteiger partial charge in [0.2, 0.25) is 0 Å². The van der Waals surface area contributed by atoms with Gasteiger partial charge in [-0.2, -0.15) is 0 Å². The van der Waals surface area contributed by atoms with Gasteiger partial charge < -0.3 is 15.2 Å². The summed E-state index contributed by atoms with van der Waals surface area (Å²) in [5, 5.41) is 0. The average molecular weight is 258 g/mol. The maximum absolute atomic E-state index is 5.62. The number of nitrogens with zero attached hydrogens (tertiary/aromatic N) is 1. The molecule has 0 aliphatic heterocycles. The second-order valence-electron chi connectivity index (χ2n) is 4.20. The maximum atomic E-state index is 5.62. The third-order valence-electron chi connectivity index (χ3n) is 2.80. The topological polar surface area (TPSA) is 57.4 Å². The summed E-state index contributed by atoms with van der Waals surface area (Å²) in [5.41, 5.74) is 8.56. The van der Waals surface area contributed by atoms with E-state index in [1.165, 1.54) is 0 Å². The monoisotopic (exact) mass is 258 g/mol. The molecule has 0 saturated heterocycles. The van der Waals surface area contributed by atoms with E-state index in [-0.39, 0.29) is 0 Å². The molecule has 100 valence electrons.